The van der Waals surface area contributed by atoms with Gasteiger partial charge in [-0.3, -0.25) is 14.4 Å². The third-order valence-corrected chi connectivity index (χ3v) is 5.47. The molecular weight excluding hydrogens is 447 g/mol. The molecule has 3 amide bonds. The van der Waals surface area contributed by atoms with Crippen LogP contribution in [0.25, 0.3) is 0 Å². The summed E-state index contributed by atoms with van der Waals surface area (Å²) < 4.78 is 53.4. The molecule has 0 spiro atoms. The van der Waals surface area contributed by atoms with Gasteiger partial charge in [-0.2, -0.15) is 13.2 Å². The molecule has 2 heterocycles. The summed E-state index contributed by atoms with van der Waals surface area (Å²) >= 11 is 0. The minimum absolute atomic E-state index is 0.0886. The van der Waals surface area contributed by atoms with Crippen LogP contribution in [0.4, 0.5) is 18.9 Å². The van der Waals surface area contributed by atoms with Crippen molar-refractivity contribution in [1.29, 1.82) is 0 Å². The zero-order valence-electron chi connectivity index (χ0n) is 18.2. The molecule has 12 heteroatoms. The summed E-state index contributed by atoms with van der Waals surface area (Å²) in [6.07, 6.45) is -4.93. The maximum absolute atomic E-state index is 13.1. The van der Waals surface area contributed by atoms with Crippen molar-refractivity contribution in [3.05, 3.63) is 23.8 Å². The minimum Gasteiger partial charge on any atom is -0.490 e. The van der Waals surface area contributed by atoms with Crippen molar-refractivity contribution >= 4 is 23.4 Å². The van der Waals surface area contributed by atoms with Gasteiger partial charge in [0.1, 0.15) is 31.6 Å². The van der Waals surface area contributed by atoms with Gasteiger partial charge in [-0.05, 0) is 31.0 Å². The lowest BCUT2D eigenvalue weighted by molar-refractivity contribution is -0.144. The molecular formula is C21H26F3N3O6. The third kappa shape index (κ3) is 6.57. The van der Waals surface area contributed by atoms with Crippen LogP contribution in [0.1, 0.15) is 29.6 Å². The van der Waals surface area contributed by atoms with E-state index >= 15 is 0 Å². The Hall–Kier alpha value is -2.86. The zero-order chi connectivity index (χ0) is 24.2. The third-order valence-electron chi connectivity index (χ3n) is 5.47. The largest absolute Gasteiger partial charge is 0.490 e. The summed E-state index contributed by atoms with van der Waals surface area (Å²) in [4.78, 5) is 38.3. The fourth-order valence-corrected chi connectivity index (χ4v) is 3.91. The molecule has 1 saturated heterocycles. The van der Waals surface area contributed by atoms with Crippen LogP contribution in [0, 0.1) is 0 Å². The lowest BCUT2D eigenvalue weighted by atomic mass is 9.94. The van der Waals surface area contributed by atoms with E-state index in [-0.39, 0.29) is 43.1 Å². The number of likely N-dealkylation sites (N-methyl/N-ethyl adjacent to an activating group) is 1. The van der Waals surface area contributed by atoms with Crippen LogP contribution in [0.2, 0.25) is 0 Å². The number of carbonyl (C=O) groups is 3. The first-order valence-corrected chi connectivity index (χ1v) is 10.4. The molecule has 33 heavy (non-hydrogen) atoms. The summed E-state index contributed by atoms with van der Waals surface area (Å²) in [5.41, 5.74) is 0.697. The van der Waals surface area contributed by atoms with Crippen LogP contribution in [0.15, 0.2) is 18.2 Å². The van der Waals surface area contributed by atoms with E-state index in [4.69, 9.17) is 14.2 Å². The Balaban J connectivity index is 1.67. The van der Waals surface area contributed by atoms with Gasteiger partial charge in [0.2, 0.25) is 11.8 Å². The molecule has 2 aliphatic heterocycles. The highest BCUT2D eigenvalue weighted by atomic mass is 19.4. The Morgan fingerprint density at radius 3 is 2.70 bits per heavy atom. The molecule has 0 aliphatic carbocycles. The Kier molecular flexibility index (Phi) is 7.80. The number of hydrogen-bond donors (Lipinski definition) is 2. The molecule has 1 aromatic carbocycles. The van der Waals surface area contributed by atoms with Crippen LogP contribution in [0.3, 0.4) is 0 Å². The van der Waals surface area contributed by atoms with Gasteiger partial charge >= 0.3 is 6.18 Å². The normalized spacial score (nSPS) is 22.9. The molecule has 1 aromatic rings. The van der Waals surface area contributed by atoms with Gasteiger partial charge in [-0.15, -0.1) is 0 Å². The molecule has 0 bridgehead atoms. The summed E-state index contributed by atoms with van der Waals surface area (Å²) in [7, 11) is 3.03. The van der Waals surface area contributed by atoms with Crippen molar-refractivity contribution in [3.8, 4) is 5.75 Å². The van der Waals surface area contributed by atoms with Gasteiger partial charge in [-0.25, -0.2) is 0 Å². The minimum atomic E-state index is -4.48. The summed E-state index contributed by atoms with van der Waals surface area (Å²) in [5.74, 6) is -1.13. The van der Waals surface area contributed by atoms with E-state index in [0.29, 0.717) is 24.3 Å². The maximum Gasteiger partial charge on any atom is 0.405 e. The Morgan fingerprint density at radius 1 is 1.24 bits per heavy atom. The number of alkyl halides is 3. The first kappa shape index (κ1) is 24.8. The molecule has 0 saturated carbocycles. The Bertz CT molecular complexity index is 894. The van der Waals surface area contributed by atoms with Crippen LogP contribution < -0.4 is 15.4 Å². The number of methoxy groups -OCH3 is 1. The van der Waals surface area contributed by atoms with Crippen LogP contribution >= 0.6 is 0 Å². The van der Waals surface area contributed by atoms with E-state index in [1.165, 1.54) is 18.1 Å². The fraction of sp³-hybridized carbons (Fsp3) is 0.571. The number of hydrogen-bond acceptors (Lipinski definition) is 6. The topological polar surface area (TPSA) is 106 Å². The van der Waals surface area contributed by atoms with Crippen LogP contribution in [-0.4, -0.2) is 81.0 Å². The van der Waals surface area contributed by atoms with Crippen LogP contribution in [-0.2, 0) is 19.1 Å². The SMILES string of the molecule is COCC(=O)Nc1ccc2c(c1)C(=O)N(C)[C@H]1CC[C@H](CC(=O)NCC(F)(F)F)O[C@H]1CO2. The lowest BCUT2D eigenvalue weighted by Crippen LogP contribution is -2.54. The van der Waals surface area contributed by atoms with Crippen molar-refractivity contribution in [2.24, 2.45) is 0 Å². The van der Waals surface area contributed by atoms with Crippen molar-refractivity contribution in [2.75, 3.05) is 39.2 Å². The van der Waals surface area contributed by atoms with Crippen molar-refractivity contribution in [1.82, 2.24) is 10.2 Å². The highest BCUT2D eigenvalue weighted by Gasteiger charge is 2.39. The number of benzene rings is 1. The fourth-order valence-electron chi connectivity index (χ4n) is 3.91. The van der Waals surface area contributed by atoms with Crippen molar-refractivity contribution < 1.29 is 41.8 Å². The van der Waals surface area contributed by atoms with E-state index < -0.39 is 30.8 Å². The van der Waals surface area contributed by atoms with E-state index in [1.54, 1.807) is 19.2 Å². The quantitative estimate of drug-likeness (QED) is 0.652. The summed E-state index contributed by atoms with van der Waals surface area (Å²) in [6.45, 7) is -1.43. The number of amides is 3. The number of anilines is 1. The number of carbonyl (C=O) groups excluding carboxylic acids is 3. The molecule has 3 atom stereocenters. The molecule has 0 radical (unpaired) electrons. The molecule has 3 rings (SSSR count). The van der Waals surface area contributed by atoms with Crippen molar-refractivity contribution in [3.63, 3.8) is 0 Å². The smallest absolute Gasteiger partial charge is 0.405 e. The average molecular weight is 473 g/mol. The second-order valence-electron chi connectivity index (χ2n) is 7.96. The van der Waals surface area contributed by atoms with E-state index in [9.17, 15) is 27.6 Å². The van der Waals surface area contributed by atoms with E-state index in [1.807, 2.05) is 5.32 Å². The van der Waals surface area contributed by atoms with Gasteiger partial charge in [-0.1, -0.05) is 0 Å². The maximum atomic E-state index is 13.1. The average Bonchev–Trinajstić information content (AvgIpc) is 2.75. The summed E-state index contributed by atoms with van der Waals surface area (Å²) in [6, 6.07) is 4.34. The monoisotopic (exact) mass is 473 g/mol. The molecule has 0 unspecified atom stereocenters. The number of fused-ring (bicyclic) bond motifs is 2. The predicted molar refractivity (Wildman–Crippen MR) is 110 cm³/mol. The van der Waals surface area contributed by atoms with E-state index in [0.717, 1.165) is 0 Å². The first-order valence-electron chi connectivity index (χ1n) is 10.4. The Labute approximate surface area is 188 Å². The first-order chi connectivity index (χ1) is 15.6. The van der Waals surface area contributed by atoms with Gasteiger partial charge in [0.25, 0.3) is 5.91 Å². The second kappa shape index (κ2) is 10.4. The molecule has 2 aliphatic rings. The number of nitrogens with one attached hydrogen (secondary N) is 2. The lowest BCUT2D eigenvalue weighted by Gasteiger charge is -2.42. The number of halogens is 3. The molecule has 182 valence electrons. The van der Waals surface area contributed by atoms with Crippen molar-refractivity contribution in [2.45, 2.75) is 43.7 Å². The van der Waals surface area contributed by atoms with Gasteiger partial charge in [0.05, 0.1) is 24.1 Å². The standard InChI is InChI=1S/C21H26F3N3O6/c1-27-15-5-4-13(8-18(28)25-11-21(22,23)24)33-17(15)9-32-16-6-3-12(7-14(16)20(27)30)26-19(29)10-31-2/h3,6-7,13,15,17H,4-5,8-11H2,1-2H3,(H,25,28)(H,26,29)/t13-,15+,17+/m1/s1. The molecule has 0 aromatic heterocycles. The zero-order valence-corrected chi connectivity index (χ0v) is 18.2. The number of nitrogens with zero attached hydrogens (tertiary/aromatic N) is 1. The highest BCUT2D eigenvalue weighted by Crippen LogP contribution is 2.32. The van der Waals surface area contributed by atoms with Gasteiger partial charge in [0, 0.05) is 19.8 Å². The Morgan fingerprint density at radius 2 is 2.00 bits per heavy atom. The summed E-state index contributed by atoms with van der Waals surface area (Å²) in [5, 5.41) is 4.48. The highest BCUT2D eigenvalue weighted by molar-refractivity contribution is 6.00. The van der Waals surface area contributed by atoms with Gasteiger partial charge in [0.15, 0.2) is 0 Å². The van der Waals surface area contributed by atoms with Crippen LogP contribution in [0.5, 0.6) is 5.75 Å². The molecule has 2 N–H and O–H groups in total. The number of rotatable bonds is 6. The molecule has 1 fully saturated rings. The van der Waals surface area contributed by atoms with Gasteiger partial charge < -0.3 is 29.7 Å². The molecule has 9 nitrogen and oxygen atoms in total. The predicted octanol–water partition coefficient (Wildman–Crippen LogP) is 1.72. The van der Waals surface area contributed by atoms with E-state index in [2.05, 4.69) is 5.32 Å². The second-order valence-corrected chi connectivity index (χ2v) is 7.96. The number of ether oxygens (including phenoxy) is 3.